The standard InChI is InChI=1S/C17H27N3O/c1-4-10-20(12-15-6-5-9-18-11-15)17(21)16-8-7-13(2)19-14(16)3/h7-8,15,18H,4-6,9-12H2,1-3H3. The molecule has 116 valence electrons. The largest absolute Gasteiger partial charge is 0.338 e. The molecule has 4 nitrogen and oxygen atoms in total. The van der Waals surface area contributed by atoms with Crippen LogP contribution in [0.1, 0.15) is 47.9 Å². The fourth-order valence-corrected chi connectivity index (χ4v) is 3.02. The zero-order valence-corrected chi connectivity index (χ0v) is 13.5. The van der Waals surface area contributed by atoms with Gasteiger partial charge in [-0.3, -0.25) is 9.78 Å². The van der Waals surface area contributed by atoms with Crippen LogP contribution in [0.3, 0.4) is 0 Å². The summed E-state index contributed by atoms with van der Waals surface area (Å²) in [7, 11) is 0. The number of hydrogen-bond donors (Lipinski definition) is 1. The van der Waals surface area contributed by atoms with Crippen LogP contribution in [0.5, 0.6) is 0 Å². The van der Waals surface area contributed by atoms with E-state index in [0.717, 1.165) is 49.6 Å². The number of amides is 1. The second kappa shape index (κ2) is 7.55. The molecule has 1 aliphatic rings. The molecule has 1 amide bonds. The summed E-state index contributed by atoms with van der Waals surface area (Å²) >= 11 is 0. The van der Waals surface area contributed by atoms with Gasteiger partial charge in [0.2, 0.25) is 0 Å². The van der Waals surface area contributed by atoms with E-state index in [1.165, 1.54) is 12.8 Å². The van der Waals surface area contributed by atoms with Gasteiger partial charge < -0.3 is 10.2 Å². The quantitative estimate of drug-likeness (QED) is 0.906. The molecule has 0 spiro atoms. The molecule has 2 heterocycles. The summed E-state index contributed by atoms with van der Waals surface area (Å²) in [6.45, 7) is 9.82. The highest BCUT2D eigenvalue weighted by Crippen LogP contribution is 2.16. The first-order chi connectivity index (χ1) is 10.1. The predicted octanol–water partition coefficient (Wildman–Crippen LogP) is 2.55. The molecule has 1 aliphatic heterocycles. The van der Waals surface area contributed by atoms with Gasteiger partial charge in [-0.25, -0.2) is 0 Å². The molecule has 1 fully saturated rings. The van der Waals surface area contributed by atoms with Crippen LogP contribution in [0.15, 0.2) is 12.1 Å². The Morgan fingerprint density at radius 1 is 1.43 bits per heavy atom. The van der Waals surface area contributed by atoms with Crippen molar-refractivity contribution in [1.82, 2.24) is 15.2 Å². The second-order valence-electron chi connectivity index (χ2n) is 6.05. The number of carbonyl (C=O) groups is 1. The number of hydrogen-bond acceptors (Lipinski definition) is 3. The van der Waals surface area contributed by atoms with Crippen molar-refractivity contribution >= 4 is 5.91 Å². The predicted molar refractivity (Wildman–Crippen MR) is 85.5 cm³/mol. The lowest BCUT2D eigenvalue weighted by Crippen LogP contribution is -2.41. The fourth-order valence-electron chi connectivity index (χ4n) is 3.02. The Bertz CT molecular complexity index is 481. The van der Waals surface area contributed by atoms with Crippen molar-refractivity contribution in [2.75, 3.05) is 26.2 Å². The summed E-state index contributed by atoms with van der Waals surface area (Å²) in [6, 6.07) is 3.84. The molecule has 0 saturated carbocycles. The van der Waals surface area contributed by atoms with Crippen molar-refractivity contribution in [3.05, 3.63) is 29.1 Å². The molecule has 1 unspecified atom stereocenters. The first kappa shape index (κ1) is 16.0. The second-order valence-corrected chi connectivity index (χ2v) is 6.05. The highest BCUT2D eigenvalue weighted by atomic mass is 16.2. The molecule has 0 aromatic carbocycles. The van der Waals surface area contributed by atoms with E-state index in [2.05, 4.69) is 17.2 Å². The normalized spacial score (nSPS) is 18.5. The van der Waals surface area contributed by atoms with Crippen molar-refractivity contribution < 1.29 is 4.79 Å². The molecule has 1 atom stereocenters. The molecule has 1 saturated heterocycles. The average molecular weight is 289 g/mol. The number of rotatable bonds is 5. The molecular formula is C17H27N3O. The van der Waals surface area contributed by atoms with Gasteiger partial charge in [-0.05, 0) is 64.3 Å². The molecule has 1 N–H and O–H groups in total. The van der Waals surface area contributed by atoms with Gasteiger partial charge in [-0.2, -0.15) is 0 Å². The maximum Gasteiger partial charge on any atom is 0.255 e. The molecule has 0 radical (unpaired) electrons. The summed E-state index contributed by atoms with van der Waals surface area (Å²) in [5.41, 5.74) is 2.54. The van der Waals surface area contributed by atoms with Gasteiger partial charge in [-0.1, -0.05) is 6.92 Å². The Hall–Kier alpha value is -1.42. The Morgan fingerprint density at radius 2 is 2.24 bits per heavy atom. The highest BCUT2D eigenvalue weighted by Gasteiger charge is 2.22. The number of nitrogens with one attached hydrogen (secondary N) is 1. The van der Waals surface area contributed by atoms with Crippen molar-refractivity contribution in [1.29, 1.82) is 0 Å². The SMILES string of the molecule is CCCN(CC1CCCNC1)C(=O)c1ccc(C)nc1C. The van der Waals surface area contributed by atoms with Crippen LogP contribution in [0.25, 0.3) is 0 Å². The Labute approximate surface area is 127 Å². The first-order valence-corrected chi connectivity index (χ1v) is 8.06. The van der Waals surface area contributed by atoms with Crippen molar-refractivity contribution in [3.63, 3.8) is 0 Å². The molecule has 1 aromatic heterocycles. The summed E-state index contributed by atoms with van der Waals surface area (Å²) in [5.74, 6) is 0.709. The average Bonchev–Trinajstić information content (AvgIpc) is 2.47. The maximum atomic E-state index is 12.8. The van der Waals surface area contributed by atoms with E-state index in [1.54, 1.807) is 0 Å². The van der Waals surface area contributed by atoms with Gasteiger partial charge in [0.25, 0.3) is 5.91 Å². The van der Waals surface area contributed by atoms with E-state index in [-0.39, 0.29) is 5.91 Å². The molecule has 21 heavy (non-hydrogen) atoms. The van der Waals surface area contributed by atoms with Crippen LogP contribution >= 0.6 is 0 Å². The van der Waals surface area contributed by atoms with E-state index < -0.39 is 0 Å². The number of pyridine rings is 1. The topological polar surface area (TPSA) is 45.2 Å². The number of aromatic nitrogens is 1. The molecule has 0 aliphatic carbocycles. The van der Waals surface area contributed by atoms with E-state index in [9.17, 15) is 4.79 Å². The zero-order chi connectivity index (χ0) is 15.2. The molecule has 0 bridgehead atoms. The third-order valence-electron chi connectivity index (χ3n) is 4.11. The van der Waals surface area contributed by atoms with E-state index in [1.807, 2.05) is 30.9 Å². The lowest BCUT2D eigenvalue weighted by molar-refractivity contribution is 0.0717. The van der Waals surface area contributed by atoms with Crippen LogP contribution in [-0.4, -0.2) is 42.0 Å². The van der Waals surface area contributed by atoms with Crippen LogP contribution < -0.4 is 5.32 Å². The lowest BCUT2D eigenvalue weighted by Gasteiger charge is -2.30. The maximum absolute atomic E-state index is 12.8. The Morgan fingerprint density at radius 3 is 2.86 bits per heavy atom. The third kappa shape index (κ3) is 4.27. The van der Waals surface area contributed by atoms with Crippen LogP contribution in [-0.2, 0) is 0 Å². The minimum Gasteiger partial charge on any atom is -0.338 e. The van der Waals surface area contributed by atoms with Gasteiger partial charge in [0.05, 0.1) is 11.3 Å². The monoisotopic (exact) mass is 289 g/mol. The van der Waals surface area contributed by atoms with Gasteiger partial charge in [0.15, 0.2) is 0 Å². The zero-order valence-electron chi connectivity index (χ0n) is 13.5. The van der Waals surface area contributed by atoms with E-state index in [0.29, 0.717) is 5.92 Å². The van der Waals surface area contributed by atoms with Gasteiger partial charge >= 0.3 is 0 Å². The molecule has 1 aromatic rings. The summed E-state index contributed by atoms with van der Waals surface area (Å²) in [4.78, 5) is 19.2. The fraction of sp³-hybridized carbons (Fsp3) is 0.647. The third-order valence-corrected chi connectivity index (χ3v) is 4.11. The Kier molecular flexibility index (Phi) is 5.74. The van der Waals surface area contributed by atoms with E-state index >= 15 is 0 Å². The van der Waals surface area contributed by atoms with Crippen LogP contribution in [0, 0.1) is 19.8 Å². The minimum absolute atomic E-state index is 0.132. The number of carbonyl (C=O) groups excluding carboxylic acids is 1. The van der Waals surface area contributed by atoms with Crippen LogP contribution in [0.2, 0.25) is 0 Å². The number of aryl methyl sites for hydroxylation is 2. The van der Waals surface area contributed by atoms with Crippen molar-refractivity contribution in [2.45, 2.75) is 40.0 Å². The number of nitrogens with zero attached hydrogens (tertiary/aromatic N) is 2. The first-order valence-electron chi connectivity index (χ1n) is 8.06. The molecule has 2 rings (SSSR count). The lowest BCUT2D eigenvalue weighted by atomic mass is 9.98. The van der Waals surface area contributed by atoms with Gasteiger partial charge in [0.1, 0.15) is 0 Å². The van der Waals surface area contributed by atoms with Crippen molar-refractivity contribution in [3.8, 4) is 0 Å². The minimum atomic E-state index is 0.132. The summed E-state index contributed by atoms with van der Waals surface area (Å²) in [5, 5.41) is 3.43. The Balaban J connectivity index is 2.10. The molecular weight excluding hydrogens is 262 g/mol. The van der Waals surface area contributed by atoms with Gasteiger partial charge in [-0.15, -0.1) is 0 Å². The number of piperidine rings is 1. The van der Waals surface area contributed by atoms with Crippen LogP contribution in [0.4, 0.5) is 0 Å². The van der Waals surface area contributed by atoms with Crippen molar-refractivity contribution in [2.24, 2.45) is 5.92 Å². The van der Waals surface area contributed by atoms with E-state index in [4.69, 9.17) is 0 Å². The molecule has 4 heteroatoms. The highest BCUT2D eigenvalue weighted by molar-refractivity contribution is 5.95. The summed E-state index contributed by atoms with van der Waals surface area (Å²) in [6.07, 6.45) is 3.42. The van der Waals surface area contributed by atoms with Gasteiger partial charge in [0, 0.05) is 18.8 Å². The summed E-state index contributed by atoms with van der Waals surface area (Å²) < 4.78 is 0. The smallest absolute Gasteiger partial charge is 0.255 e.